The van der Waals surface area contributed by atoms with Crippen LogP contribution < -0.4 is 10.3 Å². The van der Waals surface area contributed by atoms with Crippen molar-refractivity contribution in [2.24, 2.45) is 0 Å². The van der Waals surface area contributed by atoms with E-state index in [1.54, 1.807) is 54.6 Å². The molecule has 4 aromatic rings. The second kappa shape index (κ2) is 7.17. The van der Waals surface area contributed by atoms with E-state index in [9.17, 15) is 14.0 Å². The Morgan fingerprint density at radius 2 is 1.65 bits per heavy atom. The Bertz CT molecular complexity index is 1430. The second-order valence-electron chi connectivity index (χ2n) is 7.68. The molecule has 2 heterocycles. The highest BCUT2D eigenvalue weighted by Crippen LogP contribution is 2.42. The van der Waals surface area contributed by atoms with Gasteiger partial charge in [-0.25, -0.2) is 4.39 Å². The van der Waals surface area contributed by atoms with Crippen LogP contribution in [0.3, 0.4) is 0 Å². The zero-order valence-corrected chi connectivity index (χ0v) is 18.4. The molecule has 0 spiro atoms. The van der Waals surface area contributed by atoms with Gasteiger partial charge in [0.2, 0.25) is 5.76 Å². The Morgan fingerprint density at radius 1 is 0.968 bits per heavy atom. The van der Waals surface area contributed by atoms with Crippen LogP contribution in [-0.4, -0.2) is 5.91 Å². The molecule has 0 saturated heterocycles. The number of hydrogen-bond donors (Lipinski definition) is 0. The molecule has 31 heavy (non-hydrogen) atoms. The molecule has 154 valence electrons. The number of rotatable bonds is 2. The van der Waals surface area contributed by atoms with Crippen molar-refractivity contribution in [3.63, 3.8) is 0 Å². The van der Waals surface area contributed by atoms with Crippen molar-refractivity contribution in [1.29, 1.82) is 0 Å². The summed E-state index contributed by atoms with van der Waals surface area (Å²) in [5.41, 5.74) is 2.88. The van der Waals surface area contributed by atoms with Crippen molar-refractivity contribution in [3.8, 4) is 0 Å². The molecule has 1 unspecified atom stereocenters. The van der Waals surface area contributed by atoms with E-state index in [4.69, 9.17) is 4.42 Å². The second-order valence-corrected chi connectivity index (χ2v) is 8.60. The standard InChI is InChI=1S/C25H17BrFNO3/c1-13-11-18-20(12-14(13)2)31-24-21(23(18)29)22(17-5-3-4-6-19(17)27)28(25(24)30)16-9-7-15(26)8-10-16/h3-12,22H,1-2H3. The molecule has 0 aliphatic carbocycles. The van der Waals surface area contributed by atoms with Crippen LogP contribution in [0.25, 0.3) is 11.0 Å². The number of anilines is 1. The van der Waals surface area contributed by atoms with E-state index in [0.29, 0.717) is 16.7 Å². The number of halogens is 2. The zero-order valence-electron chi connectivity index (χ0n) is 16.8. The van der Waals surface area contributed by atoms with Crippen molar-refractivity contribution in [1.82, 2.24) is 0 Å². The average molecular weight is 478 g/mol. The van der Waals surface area contributed by atoms with E-state index in [-0.39, 0.29) is 22.3 Å². The van der Waals surface area contributed by atoms with E-state index in [0.717, 1.165) is 15.6 Å². The molecule has 0 radical (unpaired) electrons. The Hall–Kier alpha value is -3.25. The molecule has 0 fully saturated rings. The van der Waals surface area contributed by atoms with Gasteiger partial charge in [-0.1, -0.05) is 34.1 Å². The van der Waals surface area contributed by atoms with Gasteiger partial charge in [-0.3, -0.25) is 14.5 Å². The smallest absolute Gasteiger partial charge is 0.295 e. The summed E-state index contributed by atoms with van der Waals surface area (Å²) in [7, 11) is 0. The molecule has 3 aromatic carbocycles. The van der Waals surface area contributed by atoms with Crippen molar-refractivity contribution < 1.29 is 13.6 Å². The van der Waals surface area contributed by atoms with Gasteiger partial charge in [0.15, 0.2) is 5.43 Å². The minimum Gasteiger partial charge on any atom is -0.450 e. The monoisotopic (exact) mass is 477 g/mol. The van der Waals surface area contributed by atoms with Gasteiger partial charge in [0.05, 0.1) is 17.0 Å². The van der Waals surface area contributed by atoms with Crippen LogP contribution in [0.15, 0.2) is 74.3 Å². The summed E-state index contributed by atoms with van der Waals surface area (Å²) in [5.74, 6) is -1.01. The fraction of sp³-hybridized carbons (Fsp3) is 0.120. The number of fused-ring (bicyclic) bond motifs is 2. The lowest BCUT2D eigenvalue weighted by molar-refractivity contribution is 0.0971. The number of carbonyl (C=O) groups is 1. The normalized spacial score (nSPS) is 15.5. The third-order valence-corrected chi connectivity index (χ3v) is 6.32. The fourth-order valence-corrected chi connectivity index (χ4v) is 4.35. The molecule has 1 amide bonds. The first-order valence-electron chi connectivity index (χ1n) is 9.78. The lowest BCUT2D eigenvalue weighted by Gasteiger charge is -2.25. The van der Waals surface area contributed by atoms with Crippen LogP contribution in [0.2, 0.25) is 0 Å². The Labute approximate surface area is 186 Å². The van der Waals surface area contributed by atoms with Crippen LogP contribution >= 0.6 is 15.9 Å². The maximum absolute atomic E-state index is 14.9. The molecule has 1 aliphatic rings. The highest BCUT2D eigenvalue weighted by molar-refractivity contribution is 9.10. The first kappa shape index (κ1) is 19.7. The molecular formula is C25H17BrFNO3. The molecule has 5 rings (SSSR count). The van der Waals surface area contributed by atoms with Crippen LogP contribution in [0.1, 0.15) is 38.9 Å². The van der Waals surface area contributed by atoms with Crippen molar-refractivity contribution in [2.45, 2.75) is 19.9 Å². The lowest BCUT2D eigenvalue weighted by Crippen LogP contribution is -2.30. The highest BCUT2D eigenvalue weighted by Gasteiger charge is 2.44. The molecule has 0 bridgehead atoms. The number of carbonyl (C=O) groups excluding carboxylic acids is 1. The first-order valence-corrected chi connectivity index (χ1v) is 10.6. The highest BCUT2D eigenvalue weighted by atomic mass is 79.9. The predicted octanol–water partition coefficient (Wildman–Crippen LogP) is 6.06. The number of aryl methyl sites for hydroxylation is 2. The Kier molecular flexibility index (Phi) is 4.55. The van der Waals surface area contributed by atoms with Crippen molar-refractivity contribution in [2.75, 3.05) is 4.90 Å². The van der Waals surface area contributed by atoms with Crippen LogP contribution in [0.4, 0.5) is 10.1 Å². The molecule has 1 aromatic heterocycles. The largest absolute Gasteiger partial charge is 0.450 e. The molecule has 6 heteroatoms. The number of nitrogens with zero attached hydrogens (tertiary/aromatic N) is 1. The third-order valence-electron chi connectivity index (χ3n) is 5.79. The van der Waals surface area contributed by atoms with Gasteiger partial charge in [-0.15, -0.1) is 0 Å². The third kappa shape index (κ3) is 3.01. The molecule has 4 nitrogen and oxygen atoms in total. The molecule has 1 atom stereocenters. The van der Waals surface area contributed by atoms with Crippen LogP contribution in [0, 0.1) is 19.7 Å². The van der Waals surface area contributed by atoms with Crippen molar-refractivity contribution >= 4 is 38.5 Å². The Morgan fingerprint density at radius 3 is 2.35 bits per heavy atom. The number of hydrogen-bond acceptors (Lipinski definition) is 3. The van der Waals surface area contributed by atoms with Crippen LogP contribution in [0.5, 0.6) is 0 Å². The van der Waals surface area contributed by atoms with E-state index in [1.807, 2.05) is 13.8 Å². The fourth-order valence-electron chi connectivity index (χ4n) is 4.09. The van der Waals surface area contributed by atoms with Gasteiger partial charge in [0, 0.05) is 15.7 Å². The van der Waals surface area contributed by atoms with Crippen molar-refractivity contribution in [3.05, 3.63) is 109 Å². The number of benzene rings is 3. The summed E-state index contributed by atoms with van der Waals surface area (Å²) in [5, 5.41) is 0.383. The SMILES string of the molecule is Cc1cc2oc3c(c(=O)c2cc1C)C(c1ccccc1F)N(c1ccc(Br)cc1)C3=O. The average Bonchev–Trinajstić information content (AvgIpc) is 3.03. The van der Waals surface area contributed by atoms with Gasteiger partial charge < -0.3 is 4.42 Å². The van der Waals surface area contributed by atoms with E-state index < -0.39 is 17.8 Å². The van der Waals surface area contributed by atoms with Crippen LogP contribution in [-0.2, 0) is 0 Å². The summed E-state index contributed by atoms with van der Waals surface area (Å²) in [6, 6.07) is 15.9. The topological polar surface area (TPSA) is 50.5 Å². The van der Waals surface area contributed by atoms with Gasteiger partial charge in [-0.2, -0.15) is 0 Å². The van der Waals surface area contributed by atoms with Gasteiger partial charge in [0.25, 0.3) is 5.91 Å². The Balaban J connectivity index is 1.85. The van der Waals surface area contributed by atoms with E-state index >= 15 is 0 Å². The molecule has 1 aliphatic heterocycles. The van der Waals surface area contributed by atoms with E-state index in [2.05, 4.69) is 15.9 Å². The quantitative estimate of drug-likeness (QED) is 0.352. The maximum atomic E-state index is 14.9. The van der Waals surface area contributed by atoms with Gasteiger partial charge >= 0.3 is 0 Å². The minimum atomic E-state index is -0.924. The summed E-state index contributed by atoms with van der Waals surface area (Å²) in [4.78, 5) is 28.5. The maximum Gasteiger partial charge on any atom is 0.295 e. The lowest BCUT2D eigenvalue weighted by atomic mass is 9.97. The summed E-state index contributed by atoms with van der Waals surface area (Å²) in [6.07, 6.45) is 0. The first-order chi connectivity index (χ1) is 14.9. The zero-order chi connectivity index (χ0) is 21.9. The predicted molar refractivity (Wildman–Crippen MR) is 121 cm³/mol. The number of amides is 1. The van der Waals surface area contributed by atoms with Gasteiger partial charge in [0.1, 0.15) is 11.4 Å². The minimum absolute atomic E-state index is 0.0445. The summed E-state index contributed by atoms with van der Waals surface area (Å²) < 4.78 is 21.7. The van der Waals surface area contributed by atoms with E-state index in [1.165, 1.54) is 11.0 Å². The summed E-state index contributed by atoms with van der Waals surface area (Å²) >= 11 is 3.39. The van der Waals surface area contributed by atoms with Gasteiger partial charge in [-0.05, 0) is 67.4 Å². The molecule has 0 N–H and O–H groups in total. The molecular weight excluding hydrogens is 461 g/mol. The molecule has 0 saturated carbocycles. The summed E-state index contributed by atoms with van der Waals surface area (Å²) in [6.45, 7) is 3.83.